The molecular formula is C45H72O17. The highest BCUT2D eigenvalue weighted by atomic mass is 16.8. The lowest BCUT2D eigenvalue weighted by Gasteiger charge is -2.60. The standard InChI is InChI=1S/C45H72O17/c1-18-9-12-45(55-17-18)19(2)30-27(62-45)15-26-24-8-7-22-13-23(14-29(47)44(22,6)25(24)10-11-43(26,30)5)58-42-39(61-41-36(53)34(51)32(49)21(4)57-41)37(54)38(28(16-46)59-42)60-40-35(52)33(50)31(48)20(3)56-40/h7,18-21,23-42,46-54H,8-17H2,1-6H3/t18-,19+,20+,21+,23-,24-,25+,26+,27+,28-,29+,30+,31+,32+,33-,34-,35-,36-,37+,38-,39-,40+,41+,42-,43+,44+,45-/m1/s1. The molecule has 0 aromatic rings. The molecule has 9 aliphatic rings. The van der Waals surface area contributed by atoms with Gasteiger partial charge in [-0.15, -0.1) is 0 Å². The molecule has 0 aromatic heterocycles. The number of fused-ring (bicyclic) bond motifs is 7. The second-order valence-electron chi connectivity index (χ2n) is 21.1. The summed E-state index contributed by atoms with van der Waals surface area (Å²) in [5.41, 5.74) is 0.702. The first-order valence-corrected chi connectivity index (χ1v) is 23.3. The molecule has 354 valence electrons. The molecule has 27 atom stereocenters. The molecule has 8 fully saturated rings. The van der Waals surface area contributed by atoms with Crippen LogP contribution < -0.4 is 0 Å². The maximum atomic E-state index is 12.3. The summed E-state index contributed by atoms with van der Waals surface area (Å²) < 4.78 is 49.9. The number of hydrogen-bond acceptors (Lipinski definition) is 17. The highest BCUT2D eigenvalue weighted by molar-refractivity contribution is 5.28. The average molecular weight is 885 g/mol. The van der Waals surface area contributed by atoms with Crippen molar-refractivity contribution in [2.75, 3.05) is 13.2 Å². The normalized spacial score (nSPS) is 58.9. The van der Waals surface area contributed by atoms with E-state index in [0.29, 0.717) is 36.0 Å². The van der Waals surface area contributed by atoms with Crippen molar-refractivity contribution in [3.05, 3.63) is 11.6 Å². The fourth-order valence-corrected chi connectivity index (χ4v) is 14.0. The van der Waals surface area contributed by atoms with Crippen LogP contribution in [0.15, 0.2) is 11.6 Å². The highest BCUT2D eigenvalue weighted by Crippen LogP contribution is 2.70. The first-order chi connectivity index (χ1) is 29.3. The van der Waals surface area contributed by atoms with Gasteiger partial charge in [-0.1, -0.05) is 39.3 Å². The first kappa shape index (κ1) is 46.2. The molecular weight excluding hydrogens is 812 g/mol. The van der Waals surface area contributed by atoms with E-state index < -0.39 is 122 Å². The smallest absolute Gasteiger partial charge is 0.187 e. The van der Waals surface area contributed by atoms with Gasteiger partial charge in [-0.2, -0.15) is 0 Å². The van der Waals surface area contributed by atoms with Crippen molar-refractivity contribution in [2.45, 2.75) is 209 Å². The van der Waals surface area contributed by atoms with Gasteiger partial charge in [-0.25, -0.2) is 0 Å². The molecule has 0 amide bonds. The first-order valence-electron chi connectivity index (χ1n) is 23.3. The van der Waals surface area contributed by atoms with E-state index in [1.165, 1.54) is 13.8 Å². The highest BCUT2D eigenvalue weighted by Gasteiger charge is 2.69. The Morgan fingerprint density at radius 2 is 1.34 bits per heavy atom. The van der Waals surface area contributed by atoms with Gasteiger partial charge in [-0.3, -0.25) is 0 Å². The van der Waals surface area contributed by atoms with Crippen LogP contribution in [0.3, 0.4) is 0 Å². The molecule has 5 heterocycles. The largest absolute Gasteiger partial charge is 0.394 e. The number of ether oxygens (including phenoxy) is 8. The van der Waals surface area contributed by atoms with E-state index in [1.54, 1.807) is 0 Å². The van der Waals surface area contributed by atoms with Crippen LogP contribution in [-0.2, 0) is 37.9 Å². The Hall–Kier alpha value is -0.940. The van der Waals surface area contributed by atoms with Crippen molar-refractivity contribution < 1.29 is 83.9 Å². The van der Waals surface area contributed by atoms with Gasteiger partial charge >= 0.3 is 0 Å². The van der Waals surface area contributed by atoms with Crippen molar-refractivity contribution in [2.24, 2.45) is 46.3 Å². The minimum Gasteiger partial charge on any atom is -0.394 e. The van der Waals surface area contributed by atoms with Crippen molar-refractivity contribution in [1.82, 2.24) is 0 Å². The molecule has 17 nitrogen and oxygen atoms in total. The molecule has 0 aromatic carbocycles. The summed E-state index contributed by atoms with van der Waals surface area (Å²) in [6, 6.07) is 0. The topological polar surface area (TPSA) is 256 Å². The van der Waals surface area contributed by atoms with Gasteiger partial charge in [0, 0.05) is 24.2 Å². The molecule has 1 spiro atoms. The number of allylic oxidation sites excluding steroid dienone is 1. The van der Waals surface area contributed by atoms with E-state index in [4.69, 9.17) is 37.9 Å². The molecule has 0 unspecified atom stereocenters. The molecule has 9 N–H and O–H groups in total. The molecule has 3 saturated carbocycles. The number of hydrogen-bond donors (Lipinski definition) is 9. The third kappa shape index (κ3) is 7.31. The molecule has 5 aliphatic heterocycles. The SMILES string of the molecule is C[C@@H]1CC[C@@]2(OC1)O[C@H]1C[C@H]3[C@@H]4CC=C5C[C@@H](O[C@@H]6O[C@H](CO)[C@@H](O[C@@H]7O[C@@H](C)[C@H](O)[C@@H](O)[C@H]7O)[C@H](O)[C@H]6O[C@@H]6O[C@@H](C)[C@H](O)[C@@H](O)[C@H]6O)C[C@H](O)[C@]5(C)[C@H]4CC[C@]3(C)[C@H]1[C@@H]2C. The Balaban J connectivity index is 0.932. The van der Waals surface area contributed by atoms with Crippen LogP contribution in [0.25, 0.3) is 0 Å². The lowest BCUT2D eigenvalue weighted by Crippen LogP contribution is -2.66. The van der Waals surface area contributed by atoms with Crippen LogP contribution in [0, 0.1) is 46.3 Å². The Labute approximate surface area is 363 Å². The summed E-state index contributed by atoms with van der Waals surface area (Å²) in [7, 11) is 0. The van der Waals surface area contributed by atoms with E-state index in [0.717, 1.165) is 50.7 Å². The van der Waals surface area contributed by atoms with Crippen molar-refractivity contribution in [1.29, 1.82) is 0 Å². The number of aliphatic hydroxyl groups excluding tert-OH is 9. The predicted molar refractivity (Wildman–Crippen MR) is 214 cm³/mol. The van der Waals surface area contributed by atoms with Crippen LogP contribution >= 0.6 is 0 Å². The maximum Gasteiger partial charge on any atom is 0.187 e. The van der Waals surface area contributed by atoms with Crippen LogP contribution in [0.4, 0.5) is 0 Å². The maximum absolute atomic E-state index is 12.3. The summed E-state index contributed by atoms with van der Waals surface area (Å²) in [6.07, 6.45) is -14.5. The van der Waals surface area contributed by atoms with Crippen LogP contribution in [0.2, 0.25) is 0 Å². The summed E-state index contributed by atoms with van der Waals surface area (Å²) >= 11 is 0. The molecule has 17 heteroatoms. The number of aliphatic hydroxyl groups is 9. The van der Waals surface area contributed by atoms with Gasteiger partial charge in [-0.05, 0) is 87.4 Å². The minimum absolute atomic E-state index is 0.106. The van der Waals surface area contributed by atoms with Crippen molar-refractivity contribution in [3.63, 3.8) is 0 Å². The monoisotopic (exact) mass is 884 g/mol. The second-order valence-corrected chi connectivity index (χ2v) is 21.1. The Morgan fingerprint density at radius 3 is 1.95 bits per heavy atom. The zero-order valence-electron chi connectivity index (χ0n) is 36.8. The quantitative estimate of drug-likeness (QED) is 0.155. The summed E-state index contributed by atoms with van der Waals surface area (Å²) in [5.74, 6) is 1.87. The molecule has 5 saturated heterocycles. The van der Waals surface area contributed by atoms with Gasteiger partial charge in [0.2, 0.25) is 0 Å². The van der Waals surface area contributed by atoms with Crippen molar-refractivity contribution >= 4 is 0 Å². The van der Waals surface area contributed by atoms with Gasteiger partial charge in [0.25, 0.3) is 0 Å². The van der Waals surface area contributed by atoms with E-state index in [2.05, 4.69) is 33.8 Å². The third-order valence-corrected chi connectivity index (χ3v) is 17.8. The molecule has 62 heavy (non-hydrogen) atoms. The van der Waals surface area contributed by atoms with Gasteiger partial charge < -0.3 is 83.9 Å². The van der Waals surface area contributed by atoms with Gasteiger partial charge in [0.15, 0.2) is 24.7 Å². The third-order valence-electron chi connectivity index (χ3n) is 17.8. The van der Waals surface area contributed by atoms with Gasteiger partial charge in [0.1, 0.15) is 61.0 Å². The van der Waals surface area contributed by atoms with Gasteiger partial charge in [0.05, 0.1) is 43.7 Å². The predicted octanol–water partition coefficient (Wildman–Crippen LogP) is 0.213. The second kappa shape index (κ2) is 17.0. The van der Waals surface area contributed by atoms with Crippen LogP contribution in [0.5, 0.6) is 0 Å². The Kier molecular flexibility index (Phi) is 12.7. The van der Waals surface area contributed by atoms with E-state index in [-0.39, 0.29) is 23.9 Å². The minimum atomic E-state index is -1.75. The summed E-state index contributed by atoms with van der Waals surface area (Å²) in [6.45, 7) is 12.3. The van der Waals surface area contributed by atoms with E-state index in [9.17, 15) is 46.0 Å². The zero-order valence-corrected chi connectivity index (χ0v) is 36.8. The fourth-order valence-electron chi connectivity index (χ4n) is 14.0. The summed E-state index contributed by atoms with van der Waals surface area (Å²) in [4.78, 5) is 0. The molecule has 0 radical (unpaired) electrons. The van der Waals surface area contributed by atoms with Crippen LogP contribution in [-0.4, -0.2) is 175 Å². The van der Waals surface area contributed by atoms with Crippen LogP contribution in [0.1, 0.15) is 92.9 Å². The Morgan fingerprint density at radius 1 is 0.694 bits per heavy atom. The van der Waals surface area contributed by atoms with E-state index >= 15 is 0 Å². The lowest BCUT2D eigenvalue weighted by atomic mass is 9.46. The molecule has 4 aliphatic carbocycles. The van der Waals surface area contributed by atoms with E-state index in [1.807, 2.05) is 0 Å². The van der Waals surface area contributed by atoms with Crippen molar-refractivity contribution in [3.8, 4) is 0 Å². The summed E-state index contributed by atoms with van der Waals surface area (Å²) in [5, 5.41) is 98.2. The number of rotatable bonds is 7. The fraction of sp³-hybridized carbons (Fsp3) is 0.956. The molecule has 0 bridgehead atoms. The molecule has 9 rings (SSSR count). The Bertz CT molecular complexity index is 1630. The zero-order chi connectivity index (χ0) is 44.4. The average Bonchev–Trinajstić information content (AvgIpc) is 3.69. The lowest BCUT2D eigenvalue weighted by molar-refractivity contribution is -0.389.